The van der Waals surface area contributed by atoms with E-state index >= 15 is 0 Å². The van der Waals surface area contributed by atoms with Gasteiger partial charge in [0, 0.05) is 6.21 Å². The van der Waals surface area contributed by atoms with E-state index in [1.165, 1.54) is 0 Å². The molecular weight excluding hydrogens is 528 g/mol. The predicted octanol–water partition coefficient (Wildman–Crippen LogP) is 10.5. The quantitative estimate of drug-likeness (QED) is 0.124. The monoisotopic (exact) mass is 558 g/mol. The van der Waals surface area contributed by atoms with E-state index in [0.717, 1.165) is 51.1 Å². The lowest BCUT2D eigenvalue weighted by molar-refractivity contribution is 0.482. The molecule has 0 amide bonds. The first kappa shape index (κ1) is 27.3. The molecule has 0 aliphatic carbocycles. The summed E-state index contributed by atoms with van der Waals surface area (Å²) in [6.45, 7) is 0. The van der Waals surface area contributed by atoms with Crippen LogP contribution in [0, 0.1) is 0 Å². The Bertz CT molecular complexity index is 1640. The van der Waals surface area contributed by atoms with Crippen molar-refractivity contribution < 1.29 is 9.47 Å². The van der Waals surface area contributed by atoms with Crippen LogP contribution in [-0.4, -0.2) is 6.21 Å². The number of benzene rings is 6. The fourth-order valence-corrected chi connectivity index (χ4v) is 4.61. The molecule has 0 unspecified atom stereocenters. The standard InChI is InChI=1S/C39H30N2O2/c1-5-13-33(14-6-1)41(34-15-7-2-8-16-34)40-30-29-39(31-21-25-37(26-22-31)42-35-17-9-3-10-18-35)32-23-27-38(28-24-32)43-36-19-11-4-12-20-36/h1-30H. The highest BCUT2D eigenvalue weighted by molar-refractivity contribution is 5.92. The van der Waals surface area contributed by atoms with Gasteiger partial charge in [-0.05, 0) is 95.6 Å². The molecule has 0 spiro atoms. The van der Waals surface area contributed by atoms with Crippen LogP contribution in [-0.2, 0) is 0 Å². The van der Waals surface area contributed by atoms with E-state index in [-0.39, 0.29) is 0 Å². The molecule has 208 valence electrons. The molecule has 0 N–H and O–H groups in total. The Hall–Kier alpha value is -5.87. The molecule has 43 heavy (non-hydrogen) atoms. The van der Waals surface area contributed by atoms with Crippen LogP contribution >= 0.6 is 0 Å². The molecule has 0 atom stereocenters. The summed E-state index contributed by atoms with van der Waals surface area (Å²) < 4.78 is 12.1. The number of anilines is 2. The minimum Gasteiger partial charge on any atom is -0.457 e. The second kappa shape index (κ2) is 13.7. The van der Waals surface area contributed by atoms with E-state index in [2.05, 4.69) is 24.3 Å². The van der Waals surface area contributed by atoms with Crippen LogP contribution in [0.15, 0.2) is 181 Å². The van der Waals surface area contributed by atoms with Gasteiger partial charge in [-0.2, -0.15) is 5.10 Å². The third-order valence-corrected chi connectivity index (χ3v) is 6.71. The van der Waals surface area contributed by atoms with Crippen LogP contribution in [0.1, 0.15) is 11.1 Å². The molecule has 0 radical (unpaired) electrons. The molecule has 4 heteroatoms. The Labute approximate surface area is 252 Å². The first-order valence-corrected chi connectivity index (χ1v) is 14.1. The highest BCUT2D eigenvalue weighted by atomic mass is 16.5. The summed E-state index contributed by atoms with van der Waals surface area (Å²) in [4.78, 5) is 0. The highest BCUT2D eigenvalue weighted by Crippen LogP contribution is 2.30. The van der Waals surface area contributed by atoms with Crippen LogP contribution in [0.2, 0.25) is 0 Å². The summed E-state index contributed by atoms with van der Waals surface area (Å²) in [6, 6.07) is 56.0. The van der Waals surface area contributed by atoms with Gasteiger partial charge in [0.25, 0.3) is 0 Å². The van der Waals surface area contributed by atoms with Gasteiger partial charge in [0.2, 0.25) is 0 Å². The maximum Gasteiger partial charge on any atom is 0.127 e. The first-order chi connectivity index (χ1) is 21.3. The van der Waals surface area contributed by atoms with E-state index < -0.39 is 0 Å². The first-order valence-electron chi connectivity index (χ1n) is 14.1. The molecular formula is C39H30N2O2. The van der Waals surface area contributed by atoms with Crippen LogP contribution in [0.4, 0.5) is 11.4 Å². The summed E-state index contributed by atoms with van der Waals surface area (Å²) >= 11 is 0. The topological polar surface area (TPSA) is 34.1 Å². The average Bonchev–Trinajstić information content (AvgIpc) is 3.08. The number of ether oxygens (including phenoxy) is 2. The molecule has 0 bridgehead atoms. The molecule has 0 saturated heterocycles. The van der Waals surface area contributed by atoms with Crippen molar-refractivity contribution in [1.29, 1.82) is 0 Å². The fraction of sp³-hybridized carbons (Fsp3) is 0. The lowest BCUT2D eigenvalue weighted by atomic mass is 9.97. The molecule has 0 aliphatic heterocycles. The summed E-state index contributed by atoms with van der Waals surface area (Å²) in [5.41, 5.74) is 5.04. The highest BCUT2D eigenvalue weighted by Gasteiger charge is 2.09. The van der Waals surface area contributed by atoms with Crippen LogP contribution in [0.3, 0.4) is 0 Å². The molecule has 0 aromatic heterocycles. The number of para-hydroxylation sites is 4. The number of hydrogen-bond donors (Lipinski definition) is 0. The van der Waals surface area contributed by atoms with Gasteiger partial charge in [-0.1, -0.05) is 97.1 Å². The second-order valence-electron chi connectivity index (χ2n) is 9.71. The van der Waals surface area contributed by atoms with E-state index in [0.29, 0.717) is 0 Å². The zero-order chi connectivity index (χ0) is 29.1. The lowest BCUT2D eigenvalue weighted by Gasteiger charge is -2.19. The number of hydrazone groups is 1. The summed E-state index contributed by atoms with van der Waals surface area (Å²) in [7, 11) is 0. The third kappa shape index (κ3) is 7.26. The second-order valence-corrected chi connectivity index (χ2v) is 9.71. The van der Waals surface area contributed by atoms with Crippen molar-refractivity contribution in [3.8, 4) is 23.0 Å². The van der Waals surface area contributed by atoms with Crippen molar-refractivity contribution in [2.75, 3.05) is 5.01 Å². The van der Waals surface area contributed by atoms with Gasteiger partial charge in [0.1, 0.15) is 23.0 Å². The molecule has 6 aromatic carbocycles. The Morgan fingerprint density at radius 3 is 1.16 bits per heavy atom. The molecule has 6 aromatic rings. The largest absolute Gasteiger partial charge is 0.457 e. The Kier molecular flexibility index (Phi) is 8.68. The van der Waals surface area contributed by atoms with Crippen LogP contribution < -0.4 is 14.5 Å². The van der Waals surface area contributed by atoms with Crippen molar-refractivity contribution >= 4 is 23.2 Å². The summed E-state index contributed by atoms with van der Waals surface area (Å²) in [5.74, 6) is 3.14. The third-order valence-electron chi connectivity index (χ3n) is 6.71. The Morgan fingerprint density at radius 1 is 0.419 bits per heavy atom. The van der Waals surface area contributed by atoms with E-state index in [9.17, 15) is 0 Å². The van der Waals surface area contributed by atoms with E-state index in [4.69, 9.17) is 14.6 Å². The van der Waals surface area contributed by atoms with Crippen LogP contribution in [0.25, 0.3) is 5.57 Å². The van der Waals surface area contributed by atoms with Gasteiger partial charge in [-0.25, -0.2) is 5.01 Å². The maximum atomic E-state index is 6.03. The van der Waals surface area contributed by atoms with Crippen molar-refractivity contribution in [1.82, 2.24) is 0 Å². The molecule has 0 fully saturated rings. The summed E-state index contributed by atoms with van der Waals surface area (Å²) in [5, 5.41) is 6.82. The van der Waals surface area contributed by atoms with E-state index in [1.807, 2.05) is 163 Å². The van der Waals surface area contributed by atoms with Gasteiger partial charge >= 0.3 is 0 Å². The number of hydrogen-bond acceptors (Lipinski definition) is 4. The van der Waals surface area contributed by atoms with Crippen molar-refractivity contribution in [3.05, 3.63) is 187 Å². The Balaban J connectivity index is 1.32. The van der Waals surface area contributed by atoms with Gasteiger partial charge in [0.05, 0.1) is 11.4 Å². The number of allylic oxidation sites excluding steroid dienone is 1. The van der Waals surface area contributed by atoms with Gasteiger partial charge in [-0.3, -0.25) is 0 Å². The van der Waals surface area contributed by atoms with Crippen molar-refractivity contribution in [2.24, 2.45) is 5.10 Å². The predicted molar refractivity (Wildman–Crippen MR) is 177 cm³/mol. The maximum absolute atomic E-state index is 6.03. The zero-order valence-electron chi connectivity index (χ0n) is 23.5. The smallest absolute Gasteiger partial charge is 0.127 e. The van der Waals surface area contributed by atoms with E-state index in [1.54, 1.807) is 0 Å². The van der Waals surface area contributed by atoms with Crippen molar-refractivity contribution in [3.63, 3.8) is 0 Å². The minimum absolute atomic E-state index is 0.772. The lowest BCUT2D eigenvalue weighted by Crippen LogP contribution is -2.08. The Morgan fingerprint density at radius 2 is 0.767 bits per heavy atom. The number of nitrogens with zero attached hydrogens (tertiary/aromatic N) is 2. The van der Waals surface area contributed by atoms with Gasteiger partial charge < -0.3 is 9.47 Å². The molecule has 0 aliphatic rings. The minimum atomic E-state index is 0.772. The molecule has 4 nitrogen and oxygen atoms in total. The average molecular weight is 559 g/mol. The van der Waals surface area contributed by atoms with Crippen molar-refractivity contribution in [2.45, 2.75) is 0 Å². The van der Waals surface area contributed by atoms with Crippen LogP contribution in [0.5, 0.6) is 23.0 Å². The SMILES string of the molecule is C(C=C(c1ccc(Oc2ccccc2)cc1)c1ccc(Oc2ccccc2)cc1)=NN(c1ccccc1)c1ccccc1. The number of rotatable bonds is 10. The van der Waals surface area contributed by atoms with Gasteiger partial charge in [0.15, 0.2) is 0 Å². The summed E-state index contributed by atoms with van der Waals surface area (Å²) in [6.07, 6.45) is 3.89. The molecule has 6 rings (SSSR count). The fourth-order valence-electron chi connectivity index (χ4n) is 4.61. The normalized spacial score (nSPS) is 10.7. The molecule has 0 saturated carbocycles. The van der Waals surface area contributed by atoms with Gasteiger partial charge in [-0.15, -0.1) is 0 Å². The zero-order valence-corrected chi connectivity index (χ0v) is 23.5. The molecule has 0 heterocycles.